The molecular formula is C15H18ClN3. The molecule has 3 nitrogen and oxygen atoms in total. The van der Waals surface area contributed by atoms with Crippen molar-refractivity contribution in [1.82, 2.24) is 4.98 Å². The average Bonchev–Trinajstić information content (AvgIpc) is 2.41. The van der Waals surface area contributed by atoms with Crippen molar-refractivity contribution in [2.75, 3.05) is 11.6 Å². The number of nitrogens with zero attached hydrogens (tertiary/aromatic N) is 2. The standard InChI is InChI=1S/C15H18ClN3/c1-11-9-14(5-6-15(11)16)19(17)8-7-13-4-3-12(2)18-10-13/h3-6,9-10H,7-8,17H2,1-2H3. The van der Waals surface area contributed by atoms with Crippen LogP contribution < -0.4 is 10.9 Å². The number of pyridine rings is 1. The molecule has 0 aliphatic rings. The fourth-order valence-electron chi connectivity index (χ4n) is 1.83. The van der Waals surface area contributed by atoms with Gasteiger partial charge < -0.3 is 5.01 Å². The first-order valence-electron chi connectivity index (χ1n) is 6.26. The lowest BCUT2D eigenvalue weighted by molar-refractivity contribution is 0.820. The number of hydrogen-bond acceptors (Lipinski definition) is 3. The van der Waals surface area contributed by atoms with E-state index in [1.807, 2.05) is 44.3 Å². The number of aromatic nitrogens is 1. The van der Waals surface area contributed by atoms with Crippen LogP contribution in [0.2, 0.25) is 5.02 Å². The molecule has 0 saturated carbocycles. The molecule has 0 bridgehead atoms. The Bertz CT molecular complexity index is 552. The second-order valence-electron chi connectivity index (χ2n) is 4.68. The minimum atomic E-state index is 0.742. The van der Waals surface area contributed by atoms with E-state index in [-0.39, 0.29) is 0 Å². The van der Waals surface area contributed by atoms with Crippen molar-refractivity contribution in [2.45, 2.75) is 20.3 Å². The third-order valence-electron chi connectivity index (χ3n) is 3.09. The van der Waals surface area contributed by atoms with Crippen LogP contribution in [0.3, 0.4) is 0 Å². The van der Waals surface area contributed by atoms with E-state index in [1.54, 1.807) is 5.01 Å². The molecule has 0 fully saturated rings. The zero-order chi connectivity index (χ0) is 13.8. The number of anilines is 1. The summed E-state index contributed by atoms with van der Waals surface area (Å²) >= 11 is 6.01. The zero-order valence-corrected chi connectivity index (χ0v) is 12.0. The summed E-state index contributed by atoms with van der Waals surface area (Å²) in [5.74, 6) is 6.06. The molecule has 1 heterocycles. The number of aryl methyl sites for hydroxylation is 2. The normalized spacial score (nSPS) is 10.5. The molecule has 0 amide bonds. The lowest BCUT2D eigenvalue weighted by Crippen LogP contribution is -2.32. The first-order valence-corrected chi connectivity index (χ1v) is 6.64. The molecule has 2 aromatic rings. The van der Waals surface area contributed by atoms with E-state index in [0.29, 0.717) is 0 Å². The molecule has 4 heteroatoms. The second-order valence-corrected chi connectivity index (χ2v) is 5.09. The van der Waals surface area contributed by atoms with Gasteiger partial charge in [-0.15, -0.1) is 0 Å². The van der Waals surface area contributed by atoms with Gasteiger partial charge in [0.25, 0.3) is 0 Å². The van der Waals surface area contributed by atoms with Gasteiger partial charge in [0.1, 0.15) is 0 Å². The molecule has 0 aliphatic carbocycles. The van der Waals surface area contributed by atoms with Gasteiger partial charge >= 0.3 is 0 Å². The number of halogens is 1. The zero-order valence-electron chi connectivity index (χ0n) is 11.2. The van der Waals surface area contributed by atoms with Gasteiger partial charge in [-0.05, 0) is 55.7 Å². The van der Waals surface area contributed by atoms with Crippen molar-refractivity contribution >= 4 is 17.3 Å². The molecule has 0 spiro atoms. The molecule has 0 saturated heterocycles. The molecule has 2 N–H and O–H groups in total. The van der Waals surface area contributed by atoms with Gasteiger partial charge in [0.05, 0.1) is 5.69 Å². The van der Waals surface area contributed by atoms with E-state index in [9.17, 15) is 0 Å². The van der Waals surface area contributed by atoms with Crippen molar-refractivity contribution in [1.29, 1.82) is 0 Å². The summed E-state index contributed by atoms with van der Waals surface area (Å²) in [7, 11) is 0. The Morgan fingerprint density at radius 3 is 2.63 bits per heavy atom. The summed E-state index contributed by atoms with van der Waals surface area (Å²) in [5, 5.41) is 2.50. The molecule has 0 radical (unpaired) electrons. The summed E-state index contributed by atoms with van der Waals surface area (Å²) in [5.41, 5.74) is 4.22. The minimum absolute atomic E-state index is 0.742. The largest absolute Gasteiger partial charge is 0.311 e. The van der Waals surface area contributed by atoms with Crippen LogP contribution in [0.15, 0.2) is 36.5 Å². The Kier molecular flexibility index (Phi) is 4.40. The molecule has 0 atom stereocenters. The Morgan fingerprint density at radius 1 is 1.21 bits per heavy atom. The first-order chi connectivity index (χ1) is 9.06. The summed E-state index contributed by atoms with van der Waals surface area (Å²) in [4.78, 5) is 4.28. The number of hydrogen-bond donors (Lipinski definition) is 1. The smallest absolute Gasteiger partial charge is 0.0520 e. The molecule has 0 unspecified atom stereocenters. The Hall–Kier alpha value is -1.58. The molecule has 2 rings (SSSR count). The summed E-state index contributed by atoms with van der Waals surface area (Å²) in [6, 6.07) is 9.91. The van der Waals surface area contributed by atoms with E-state index >= 15 is 0 Å². The Balaban J connectivity index is 1.98. The van der Waals surface area contributed by atoms with Crippen LogP contribution in [0, 0.1) is 13.8 Å². The topological polar surface area (TPSA) is 42.1 Å². The summed E-state index contributed by atoms with van der Waals surface area (Å²) in [6.45, 7) is 4.70. The van der Waals surface area contributed by atoms with Gasteiger partial charge in [-0.3, -0.25) is 4.98 Å². The molecule has 1 aromatic carbocycles. The highest BCUT2D eigenvalue weighted by Crippen LogP contribution is 2.21. The molecule has 100 valence electrons. The average molecular weight is 276 g/mol. The quantitative estimate of drug-likeness (QED) is 0.688. The maximum Gasteiger partial charge on any atom is 0.0520 e. The van der Waals surface area contributed by atoms with Crippen LogP contribution in [0.25, 0.3) is 0 Å². The van der Waals surface area contributed by atoms with Crippen LogP contribution in [-0.2, 0) is 6.42 Å². The monoisotopic (exact) mass is 275 g/mol. The predicted octanol–water partition coefficient (Wildman–Crippen LogP) is 3.27. The Labute approximate surface area is 119 Å². The number of benzene rings is 1. The fourth-order valence-corrected chi connectivity index (χ4v) is 1.95. The third kappa shape index (κ3) is 3.69. The van der Waals surface area contributed by atoms with Crippen LogP contribution >= 0.6 is 11.6 Å². The first kappa shape index (κ1) is 13.8. The van der Waals surface area contributed by atoms with E-state index in [2.05, 4.69) is 11.1 Å². The van der Waals surface area contributed by atoms with Crippen molar-refractivity contribution < 1.29 is 0 Å². The van der Waals surface area contributed by atoms with Gasteiger partial charge in [0.2, 0.25) is 0 Å². The van der Waals surface area contributed by atoms with Gasteiger partial charge in [0.15, 0.2) is 0 Å². The van der Waals surface area contributed by atoms with Crippen LogP contribution in [0.5, 0.6) is 0 Å². The van der Waals surface area contributed by atoms with Gasteiger partial charge in [0, 0.05) is 23.5 Å². The number of rotatable bonds is 4. The van der Waals surface area contributed by atoms with E-state index in [0.717, 1.165) is 34.9 Å². The third-order valence-corrected chi connectivity index (χ3v) is 3.51. The minimum Gasteiger partial charge on any atom is -0.311 e. The number of nitrogens with two attached hydrogens (primary N) is 1. The molecule has 19 heavy (non-hydrogen) atoms. The van der Waals surface area contributed by atoms with Crippen molar-refractivity contribution in [3.63, 3.8) is 0 Å². The van der Waals surface area contributed by atoms with E-state index in [4.69, 9.17) is 17.4 Å². The lowest BCUT2D eigenvalue weighted by Gasteiger charge is -2.19. The molecule has 0 aliphatic heterocycles. The van der Waals surface area contributed by atoms with Crippen LogP contribution in [0.4, 0.5) is 5.69 Å². The van der Waals surface area contributed by atoms with E-state index < -0.39 is 0 Å². The SMILES string of the molecule is Cc1ccc(CCN(N)c2ccc(Cl)c(C)c2)cn1. The number of hydrazine groups is 1. The highest BCUT2D eigenvalue weighted by Gasteiger charge is 2.04. The lowest BCUT2D eigenvalue weighted by atomic mass is 10.2. The van der Waals surface area contributed by atoms with Gasteiger partial charge in [-0.25, -0.2) is 5.84 Å². The molecular weight excluding hydrogens is 258 g/mol. The maximum absolute atomic E-state index is 6.06. The molecule has 1 aromatic heterocycles. The van der Waals surface area contributed by atoms with Gasteiger partial charge in [-0.2, -0.15) is 0 Å². The fraction of sp³-hybridized carbons (Fsp3) is 0.267. The highest BCUT2D eigenvalue weighted by atomic mass is 35.5. The maximum atomic E-state index is 6.06. The van der Waals surface area contributed by atoms with Crippen molar-refractivity contribution in [3.05, 3.63) is 58.4 Å². The predicted molar refractivity (Wildman–Crippen MR) is 80.4 cm³/mol. The summed E-state index contributed by atoms with van der Waals surface area (Å²) < 4.78 is 0. The Morgan fingerprint density at radius 2 is 2.00 bits per heavy atom. The highest BCUT2D eigenvalue weighted by molar-refractivity contribution is 6.31. The van der Waals surface area contributed by atoms with Crippen molar-refractivity contribution in [3.8, 4) is 0 Å². The summed E-state index contributed by atoms with van der Waals surface area (Å²) in [6.07, 6.45) is 2.77. The van der Waals surface area contributed by atoms with Crippen molar-refractivity contribution in [2.24, 2.45) is 5.84 Å². The van der Waals surface area contributed by atoms with Crippen LogP contribution in [0.1, 0.15) is 16.8 Å². The van der Waals surface area contributed by atoms with E-state index in [1.165, 1.54) is 5.56 Å². The van der Waals surface area contributed by atoms with Crippen LogP contribution in [-0.4, -0.2) is 11.5 Å². The van der Waals surface area contributed by atoms with Gasteiger partial charge in [-0.1, -0.05) is 17.7 Å². The second kappa shape index (κ2) is 6.04.